The minimum atomic E-state index is -1.13. The summed E-state index contributed by atoms with van der Waals surface area (Å²) in [4.78, 5) is 10.6. The van der Waals surface area contributed by atoms with E-state index in [0.29, 0.717) is 11.3 Å². The maximum absolute atomic E-state index is 10.6. The summed E-state index contributed by atoms with van der Waals surface area (Å²) in [6.07, 6.45) is 0.00863. The molecule has 88 valence electrons. The monoisotopic (exact) mass is 245 g/mol. The van der Waals surface area contributed by atoms with Crippen LogP contribution in [-0.2, 0) is 11.2 Å². The molecule has 0 saturated heterocycles. The molecule has 0 fully saturated rings. The summed E-state index contributed by atoms with van der Waals surface area (Å²) in [6, 6.07) is 1.70. The zero-order valence-electron chi connectivity index (χ0n) is 8.61. The summed E-state index contributed by atoms with van der Waals surface area (Å²) in [5.41, 5.74) is 5.75. The van der Waals surface area contributed by atoms with Gasteiger partial charge >= 0.3 is 5.97 Å². The van der Waals surface area contributed by atoms with Gasteiger partial charge in [-0.25, -0.2) is 0 Å². The second kappa shape index (κ2) is 5.05. The Kier molecular flexibility index (Phi) is 3.98. The summed E-state index contributed by atoms with van der Waals surface area (Å²) >= 11 is 5.77. The minimum Gasteiger partial charge on any atom is -0.508 e. The Balaban J connectivity index is 3.00. The molecular weight excluding hydrogens is 234 g/mol. The zero-order chi connectivity index (χ0) is 12.3. The number of carbonyl (C=O) groups is 1. The predicted octanol–water partition coefficient (Wildman–Crippen LogP) is 1.01. The van der Waals surface area contributed by atoms with Crippen LogP contribution in [0.3, 0.4) is 0 Å². The molecule has 1 unspecified atom stereocenters. The first-order valence-corrected chi connectivity index (χ1v) is 4.87. The molecular formula is C10H12ClNO4. The number of aromatic hydroxyl groups is 1. The second-order valence-corrected chi connectivity index (χ2v) is 3.67. The average Bonchev–Trinajstić information content (AvgIpc) is 2.21. The number of halogens is 1. The van der Waals surface area contributed by atoms with E-state index in [2.05, 4.69) is 0 Å². The van der Waals surface area contributed by atoms with Gasteiger partial charge in [-0.3, -0.25) is 4.79 Å². The van der Waals surface area contributed by atoms with E-state index in [9.17, 15) is 9.90 Å². The second-order valence-electron chi connectivity index (χ2n) is 3.26. The van der Waals surface area contributed by atoms with Crippen LogP contribution < -0.4 is 10.5 Å². The number of carboxylic acids is 1. The number of hydrogen-bond acceptors (Lipinski definition) is 4. The Bertz CT molecular complexity index is 408. The number of hydrogen-bond donors (Lipinski definition) is 3. The number of carboxylic acid groups (broad SMARTS) is 1. The van der Waals surface area contributed by atoms with Crippen molar-refractivity contribution in [2.75, 3.05) is 7.11 Å². The lowest BCUT2D eigenvalue weighted by atomic mass is 10.1. The molecule has 0 aromatic heterocycles. The largest absolute Gasteiger partial charge is 0.508 e. The third-order valence-corrected chi connectivity index (χ3v) is 2.41. The topological polar surface area (TPSA) is 92.8 Å². The fourth-order valence-electron chi connectivity index (χ4n) is 1.23. The van der Waals surface area contributed by atoms with E-state index in [1.807, 2.05) is 0 Å². The average molecular weight is 246 g/mol. The molecule has 1 aromatic rings. The molecule has 0 spiro atoms. The van der Waals surface area contributed by atoms with Gasteiger partial charge in [-0.05, 0) is 11.6 Å². The van der Waals surface area contributed by atoms with E-state index in [1.54, 1.807) is 0 Å². The lowest BCUT2D eigenvalue weighted by Gasteiger charge is -2.11. The van der Waals surface area contributed by atoms with E-state index in [-0.39, 0.29) is 17.2 Å². The first-order chi connectivity index (χ1) is 7.45. The Morgan fingerprint density at radius 2 is 2.25 bits per heavy atom. The molecule has 16 heavy (non-hydrogen) atoms. The van der Waals surface area contributed by atoms with Gasteiger partial charge in [-0.15, -0.1) is 0 Å². The first kappa shape index (κ1) is 12.6. The van der Waals surface area contributed by atoms with Gasteiger partial charge in [0.15, 0.2) is 0 Å². The molecule has 1 aromatic carbocycles. The maximum atomic E-state index is 10.6. The van der Waals surface area contributed by atoms with Crippen LogP contribution >= 0.6 is 11.6 Å². The van der Waals surface area contributed by atoms with E-state index < -0.39 is 12.0 Å². The van der Waals surface area contributed by atoms with Crippen LogP contribution in [0.2, 0.25) is 5.02 Å². The molecule has 0 aliphatic rings. The first-order valence-electron chi connectivity index (χ1n) is 4.49. The third-order valence-electron chi connectivity index (χ3n) is 2.11. The molecule has 4 N–H and O–H groups in total. The number of rotatable bonds is 4. The highest BCUT2D eigenvalue weighted by Crippen LogP contribution is 2.32. The molecule has 6 heteroatoms. The quantitative estimate of drug-likeness (QED) is 0.736. The van der Waals surface area contributed by atoms with Gasteiger partial charge in [0.1, 0.15) is 17.5 Å². The van der Waals surface area contributed by atoms with E-state index in [4.69, 9.17) is 27.2 Å². The van der Waals surface area contributed by atoms with Crippen molar-refractivity contribution in [1.82, 2.24) is 0 Å². The molecule has 0 amide bonds. The van der Waals surface area contributed by atoms with Crippen molar-refractivity contribution in [3.8, 4) is 11.5 Å². The van der Waals surface area contributed by atoms with Crippen LogP contribution in [0.4, 0.5) is 0 Å². The summed E-state index contributed by atoms with van der Waals surface area (Å²) in [5, 5.41) is 18.5. The van der Waals surface area contributed by atoms with Crippen LogP contribution in [0, 0.1) is 0 Å². The highest BCUT2D eigenvalue weighted by Gasteiger charge is 2.16. The van der Waals surface area contributed by atoms with Crippen LogP contribution in [0.1, 0.15) is 5.56 Å². The molecule has 1 rings (SSSR count). The highest BCUT2D eigenvalue weighted by molar-refractivity contribution is 6.32. The van der Waals surface area contributed by atoms with Crippen molar-refractivity contribution < 1.29 is 19.7 Å². The third kappa shape index (κ3) is 2.77. The molecule has 0 bridgehead atoms. The van der Waals surface area contributed by atoms with E-state index >= 15 is 0 Å². The molecule has 0 aliphatic heterocycles. The van der Waals surface area contributed by atoms with Crippen molar-refractivity contribution in [3.05, 3.63) is 22.7 Å². The highest BCUT2D eigenvalue weighted by atomic mass is 35.5. The molecule has 0 saturated carbocycles. The van der Waals surface area contributed by atoms with Crippen LogP contribution in [0.5, 0.6) is 11.5 Å². The smallest absolute Gasteiger partial charge is 0.320 e. The Morgan fingerprint density at radius 1 is 1.62 bits per heavy atom. The zero-order valence-corrected chi connectivity index (χ0v) is 9.36. The number of aliphatic carboxylic acids is 1. The van der Waals surface area contributed by atoms with Gasteiger partial charge in [-0.1, -0.05) is 11.6 Å². The van der Waals surface area contributed by atoms with Crippen LogP contribution in [-0.4, -0.2) is 29.3 Å². The van der Waals surface area contributed by atoms with Gasteiger partial charge in [0.05, 0.1) is 12.1 Å². The van der Waals surface area contributed by atoms with E-state index in [0.717, 1.165) is 0 Å². The predicted molar refractivity (Wildman–Crippen MR) is 59.0 cm³/mol. The SMILES string of the molecule is COc1cc(CC(N)C(=O)O)c(O)cc1Cl. The van der Waals surface area contributed by atoms with Gasteiger partial charge in [0.2, 0.25) is 0 Å². The number of benzene rings is 1. The molecule has 0 heterocycles. The number of ether oxygens (including phenoxy) is 1. The standard InChI is InChI=1S/C10H12ClNO4/c1-16-9-3-5(2-7(12)10(14)15)8(13)4-6(9)11/h3-4,7,13H,2,12H2,1H3,(H,14,15). The van der Waals surface area contributed by atoms with Crippen LogP contribution in [0.25, 0.3) is 0 Å². The number of phenols is 1. The Morgan fingerprint density at radius 3 is 2.75 bits per heavy atom. The van der Waals surface area contributed by atoms with Gasteiger partial charge in [0.25, 0.3) is 0 Å². The molecule has 0 aliphatic carbocycles. The fourth-order valence-corrected chi connectivity index (χ4v) is 1.46. The number of methoxy groups -OCH3 is 1. The van der Waals surface area contributed by atoms with Crippen molar-refractivity contribution in [2.24, 2.45) is 5.73 Å². The van der Waals surface area contributed by atoms with Crippen molar-refractivity contribution in [2.45, 2.75) is 12.5 Å². The molecule has 1 atom stereocenters. The summed E-state index contributed by atoms with van der Waals surface area (Å²) in [7, 11) is 1.43. The lowest BCUT2D eigenvalue weighted by Crippen LogP contribution is -2.32. The Labute approximate surface area is 97.4 Å². The van der Waals surface area contributed by atoms with Gasteiger partial charge in [0, 0.05) is 12.5 Å². The van der Waals surface area contributed by atoms with Gasteiger partial charge in [-0.2, -0.15) is 0 Å². The summed E-state index contributed by atoms with van der Waals surface area (Å²) in [6.45, 7) is 0. The number of nitrogens with two attached hydrogens (primary N) is 1. The van der Waals surface area contributed by atoms with Crippen molar-refractivity contribution in [1.29, 1.82) is 0 Å². The summed E-state index contributed by atoms with van der Waals surface area (Å²) in [5.74, 6) is -0.858. The van der Waals surface area contributed by atoms with E-state index in [1.165, 1.54) is 19.2 Å². The number of phenolic OH excluding ortho intramolecular Hbond substituents is 1. The minimum absolute atomic E-state index is 0.00863. The molecule has 5 nitrogen and oxygen atoms in total. The van der Waals surface area contributed by atoms with Crippen molar-refractivity contribution in [3.63, 3.8) is 0 Å². The van der Waals surface area contributed by atoms with Crippen molar-refractivity contribution >= 4 is 17.6 Å². The fraction of sp³-hybridized carbons (Fsp3) is 0.300. The van der Waals surface area contributed by atoms with Crippen LogP contribution in [0.15, 0.2) is 12.1 Å². The Hall–Kier alpha value is -1.46. The normalized spacial score (nSPS) is 12.2. The lowest BCUT2D eigenvalue weighted by molar-refractivity contribution is -0.138. The molecule has 0 radical (unpaired) electrons. The summed E-state index contributed by atoms with van der Waals surface area (Å²) < 4.78 is 4.95. The maximum Gasteiger partial charge on any atom is 0.320 e. The van der Waals surface area contributed by atoms with Gasteiger partial charge < -0.3 is 20.7 Å².